The topological polar surface area (TPSA) is 82.7 Å². The second-order valence-corrected chi connectivity index (χ2v) is 8.15. The van der Waals surface area contributed by atoms with Crippen molar-refractivity contribution >= 4 is 0 Å². The first-order valence-electron chi connectivity index (χ1n) is 8.56. The van der Waals surface area contributed by atoms with Gasteiger partial charge in [0.05, 0.1) is 23.7 Å². The van der Waals surface area contributed by atoms with Crippen LogP contribution in [0.25, 0.3) is 0 Å². The fourth-order valence-corrected chi connectivity index (χ4v) is 4.77. The van der Waals surface area contributed by atoms with E-state index in [1.807, 2.05) is 33.8 Å². The van der Waals surface area contributed by atoms with E-state index in [0.29, 0.717) is 6.42 Å². The van der Waals surface area contributed by atoms with Crippen LogP contribution >= 0.6 is 0 Å². The number of nitrogens with zero attached hydrogens (tertiary/aromatic N) is 1. The average Bonchev–Trinajstić information content (AvgIpc) is 3.08. The molecule has 5 nitrogen and oxygen atoms in total. The summed E-state index contributed by atoms with van der Waals surface area (Å²) >= 11 is 0. The molecular formula is C19H27NO4. The Bertz CT molecular complexity index is 619. The van der Waals surface area contributed by atoms with Gasteiger partial charge in [0.25, 0.3) is 0 Å². The zero-order valence-corrected chi connectivity index (χ0v) is 14.8. The molecule has 3 rings (SSSR count). The molecule has 2 saturated carbocycles. The molecule has 0 aromatic carbocycles. The SMILES string of the molecule is C=C(C)C(C)(C=C(C)C)C(O)OC1C2CC3C1OC(O)C3(C#N)C2. The number of aliphatic hydroxyl groups is 2. The maximum Gasteiger partial charge on any atom is 0.174 e. The number of fused-ring (bicyclic) bond motifs is 1. The summed E-state index contributed by atoms with van der Waals surface area (Å²) in [7, 11) is 0. The van der Waals surface area contributed by atoms with Crippen LogP contribution in [0.2, 0.25) is 0 Å². The minimum atomic E-state index is -1.06. The fraction of sp³-hybridized carbons (Fsp3) is 0.737. The minimum Gasteiger partial charge on any atom is -0.367 e. The Labute approximate surface area is 143 Å². The van der Waals surface area contributed by atoms with Gasteiger partial charge in [0.15, 0.2) is 12.6 Å². The normalized spacial score (nSPS) is 43.1. The number of ether oxygens (including phenoxy) is 2. The van der Waals surface area contributed by atoms with Crippen molar-refractivity contribution in [1.29, 1.82) is 5.26 Å². The second-order valence-electron chi connectivity index (χ2n) is 8.15. The van der Waals surface area contributed by atoms with Crippen LogP contribution in [0, 0.1) is 34.0 Å². The zero-order chi connectivity index (χ0) is 17.9. The molecule has 2 aliphatic carbocycles. The third kappa shape index (κ3) is 2.28. The summed E-state index contributed by atoms with van der Waals surface area (Å²) in [5.74, 6) is 0.117. The molecule has 1 heterocycles. The van der Waals surface area contributed by atoms with E-state index in [2.05, 4.69) is 12.6 Å². The lowest BCUT2D eigenvalue weighted by Crippen LogP contribution is -2.44. The summed E-state index contributed by atoms with van der Waals surface area (Å²) < 4.78 is 11.7. The van der Waals surface area contributed by atoms with Crippen LogP contribution in [0.15, 0.2) is 23.8 Å². The van der Waals surface area contributed by atoms with E-state index in [9.17, 15) is 15.5 Å². The van der Waals surface area contributed by atoms with E-state index < -0.39 is 23.4 Å². The highest BCUT2D eigenvalue weighted by molar-refractivity contribution is 5.23. The lowest BCUT2D eigenvalue weighted by Gasteiger charge is -2.38. The third-order valence-electron chi connectivity index (χ3n) is 6.25. The molecule has 0 amide bonds. The van der Waals surface area contributed by atoms with E-state index in [4.69, 9.17) is 9.47 Å². The number of hydrogen-bond acceptors (Lipinski definition) is 5. The summed E-state index contributed by atoms with van der Waals surface area (Å²) in [5.41, 5.74) is 0.410. The van der Waals surface area contributed by atoms with Gasteiger partial charge in [-0.05, 0) is 46.5 Å². The molecule has 3 fully saturated rings. The van der Waals surface area contributed by atoms with Crippen LogP contribution in [0.4, 0.5) is 0 Å². The lowest BCUT2D eigenvalue weighted by atomic mass is 9.74. The summed E-state index contributed by atoms with van der Waals surface area (Å²) in [4.78, 5) is 0. The molecule has 0 spiro atoms. The Morgan fingerprint density at radius 1 is 1.50 bits per heavy atom. The quantitative estimate of drug-likeness (QED) is 0.597. The molecule has 2 bridgehead atoms. The van der Waals surface area contributed by atoms with Crippen LogP contribution < -0.4 is 0 Å². The van der Waals surface area contributed by atoms with Crippen LogP contribution in [0.5, 0.6) is 0 Å². The van der Waals surface area contributed by atoms with E-state index in [1.54, 1.807) is 0 Å². The molecule has 2 N–H and O–H groups in total. The summed E-state index contributed by atoms with van der Waals surface area (Å²) in [6, 6.07) is 2.28. The van der Waals surface area contributed by atoms with Gasteiger partial charge >= 0.3 is 0 Å². The zero-order valence-electron chi connectivity index (χ0n) is 14.8. The molecular weight excluding hydrogens is 306 g/mol. The molecule has 3 aliphatic rings. The average molecular weight is 333 g/mol. The maximum atomic E-state index is 10.8. The summed E-state index contributed by atoms with van der Waals surface area (Å²) in [6.07, 6.45) is 0.610. The van der Waals surface area contributed by atoms with Crippen LogP contribution in [-0.4, -0.2) is 35.0 Å². The highest BCUT2D eigenvalue weighted by Gasteiger charge is 2.70. The Morgan fingerprint density at radius 2 is 2.17 bits per heavy atom. The van der Waals surface area contributed by atoms with E-state index in [1.165, 1.54) is 0 Å². The van der Waals surface area contributed by atoms with Gasteiger partial charge in [-0.3, -0.25) is 0 Å². The second kappa shape index (κ2) is 5.67. The van der Waals surface area contributed by atoms with E-state index in [0.717, 1.165) is 17.6 Å². The van der Waals surface area contributed by atoms with Gasteiger partial charge in [0, 0.05) is 5.92 Å². The smallest absolute Gasteiger partial charge is 0.174 e. The molecule has 1 saturated heterocycles. The number of aliphatic hydroxyl groups excluding tert-OH is 2. The van der Waals surface area contributed by atoms with Crippen molar-refractivity contribution in [3.05, 3.63) is 23.8 Å². The Hall–Kier alpha value is -1.19. The monoisotopic (exact) mass is 333 g/mol. The predicted octanol–water partition coefficient (Wildman–Crippen LogP) is 2.51. The number of allylic oxidation sites excluding steroid dienone is 1. The first-order chi connectivity index (χ1) is 11.2. The first kappa shape index (κ1) is 17.6. The van der Waals surface area contributed by atoms with Crippen LogP contribution in [0.1, 0.15) is 40.5 Å². The molecule has 8 unspecified atom stereocenters. The van der Waals surface area contributed by atoms with Gasteiger partial charge in [-0.15, -0.1) is 0 Å². The van der Waals surface area contributed by atoms with Crippen LogP contribution in [-0.2, 0) is 9.47 Å². The highest BCUT2D eigenvalue weighted by atomic mass is 16.7. The Balaban J connectivity index is 1.80. The van der Waals surface area contributed by atoms with Crippen molar-refractivity contribution in [2.75, 3.05) is 0 Å². The molecule has 5 heteroatoms. The molecule has 132 valence electrons. The van der Waals surface area contributed by atoms with Gasteiger partial charge in [0.1, 0.15) is 5.41 Å². The van der Waals surface area contributed by atoms with Crippen molar-refractivity contribution in [3.8, 4) is 6.07 Å². The number of hydrogen-bond donors (Lipinski definition) is 2. The summed E-state index contributed by atoms with van der Waals surface area (Å²) in [5, 5.41) is 30.5. The largest absolute Gasteiger partial charge is 0.367 e. The Kier molecular flexibility index (Phi) is 4.17. The minimum absolute atomic E-state index is 0.0146. The predicted molar refractivity (Wildman–Crippen MR) is 88.4 cm³/mol. The number of nitriles is 1. The molecule has 8 atom stereocenters. The molecule has 0 aromatic heterocycles. The van der Waals surface area contributed by atoms with Crippen molar-refractivity contribution < 1.29 is 19.7 Å². The lowest BCUT2D eigenvalue weighted by molar-refractivity contribution is -0.213. The first-order valence-corrected chi connectivity index (χ1v) is 8.56. The third-order valence-corrected chi connectivity index (χ3v) is 6.25. The summed E-state index contributed by atoms with van der Waals surface area (Å²) in [6.45, 7) is 11.7. The van der Waals surface area contributed by atoms with Gasteiger partial charge in [0.2, 0.25) is 0 Å². The maximum absolute atomic E-state index is 10.8. The molecule has 0 aromatic rings. The Morgan fingerprint density at radius 3 is 2.71 bits per heavy atom. The van der Waals surface area contributed by atoms with Crippen molar-refractivity contribution in [3.63, 3.8) is 0 Å². The molecule has 1 aliphatic heterocycles. The number of rotatable bonds is 5. The van der Waals surface area contributed by atoms with Gasteiger partial charge in [-0.25, -0.2) is 0 Å². The standard InChI is InChI=1S/C19H27NO4/c1-10(2)7-18(5,11(3)4)16(21)23-14-12-6-13-15(14)24-17(22)19(13,8-12)9-20/h7,12-17,21-22H,3,6,8H2,1-2,4-5H3. The van der Waals surface area contributed by atoms with Crippen molar-refractivity contribution in [2.24, 2.45) is 22.7 Å². The van der Waals surface area contributed by atoms with E-state index >= 15 is 0 Å². The molecule has 0 radical (unpaired) electrons. The van der Waals surface area contributed by atoms with Crippen molar-refractivity contribution in [2.45, 2.75) is 65.3 Å². The fourth-order valence-electron chi connectivity index (χ4n) is 4.77. The van der Waals surface area contributed by atoms with Crippen molar-refractivity contribution in [1.82, 2.24) is 0 Å². The van der Waals surface area contributed by atoms with Gasteiger partial charge in [-0.1, -0.05) is 23.8 Å². The van der Waals surface area contributed by atoms with Gasteiger partial charge < -0.3 is 19.7 Å². The van der Waals surface area contributed by atoms with Gasteiger partial charge in [-0.2, -0.15) is 5.26 Å². The highest BCUT2D eigenvalue weighted by Crippen LogP contribution is 2.64. The van der Waals surface area contributed by atoms with E-state index in [-0.39, 0.29) is 24.0 Å². The molecule has 24 heavy (non-hydrogen) atoms. The van der Waals surface area contributed by atoms with Crippen LogP contribution in [0.3, 0.4) is 0 Å².